The highest BCUT2D eigenvalue weighted by Crippen LogP contribution is 2.29. The van der Waals surface area contributed by atoms with Crippen LogP contribution in [-0.4, -0.2) is 17.4 Å². The van der Waals surface area contributed by atoms with Crippen LogP contribution in [0.15, 0.2) is 27.6 Å². The lowest BCUT2D eigenvalue weighted by molar-refractivity contribution is 0.241. The SMILES string of the molecule is Cc1oc(N=Cc2ccc(OC(C)C)cc2O)c(C#N)c1C. The smallest absolute Gasteiger partial charge is 0.237 e. The lowest BCUT2D eigenvalue weighted by Crippen LogP contribution is -2.05. The monoisotopic (exact) mass is 298 g/mol. The van der Waals surface area contributed by atoms with Crippen molar-refractivity contribution in [2.75, 3.05) is 0 Å². The maximum atomic E-state index is 10.0. The highest BCUT2D eigenvalue weighted by molar-refractivity contribution is 5.85. The van der Waals surface area contributed by atoms with E-state index in [9.17, 15) is 5.11 Å². The third kappa shape index (κ3) is 3.29. The minimum absolute atomic E-state index is 0.0335. The molecule has 1 aromatic carbocycles. The molecule has 0 saturated carbocycles. The van der Waals surface area contributed by atoms with Crippen LogP contribution in [0.1, 0.15) is 36.3 Å². The molecule has 0 aliphatic rings. The summed E-state index contributed by atoms with van der Waals surface area (Å²) >= 11 is 0. The predicted molar refractivity (Wildman–Crippen MR) is 84.0 cm³/mol. The number of furan rings is 1. The van der Waals surface area contributed by atoms with E-state index in [-0.39, 0.29) is 17.7 Å². The van der Waals surface area contributed by atoms with Crippen molar-refractivity contribution in [3.05, 3.63) is 40.6 Å². The Bertz CT molecular complexity index is 752. The first kappa shape index (κ1) is 15.6. The number of aliphatic imine (C=N–C) groups is 1. The Morgan fingerprint density at radius 2 is 2.09 bits per heavy atom. The summed E-state index contributed by atoms with van der Waals surface area (Å²) in [5.74, 6) is 1.56. The summed E-state index contributed by atoms with van der Waals surface area (Å²) in [4.78, 5) is 4.17. The van der Waals surface area contributed by atoms with Crippen LogP contribution in [0, 0.1) is 25.2 Å². The molecule has 1 heterocycles. The average molecular weight is 298 g/mol. The number of hydrogen-bond donors (Lipinski definition) is 1. The molecule has 0 aliphatic heterocycles. The number of aromatic hydroxyl groups is 1. The van der Waals surface area contributed by atoms with Crippen molar-refractivity contribution >= 4 is 12.1 Å². The van der Waals surface area contributed by atoms with Crippen LogP contribution in [0.2, 0.25) is 0 Å². The van der Waals surface area contributed by atoms with E-state index >= 15 is 0 Å². The molecule has 114 valence electrons. The lowest BCUT2D eigenvalue weighted by atomic mass is 10.2. The fourth-order valence-corrected chi connectivity index (χ4v) is 1.94. The third-order valence-corrected chi connectivity index (χ3v) is 3.17. The van der Waals surface area contributed by atoms with E-state index in [2.05, 4.69) is 11.1 Å². The maximum absolute atomic E-state index is 10.0. The van der Waals surface area contributed by atoms with Crippen LogP contribution < -0.4 is 4.74 Å². The molecule has 5 nitrogen and oxygen atoms in total. The minimum atomic E-state index is 0.0335. The van der Waals surface area contributed by atoms with Gasteiger partial charge in [-0.25, -0.2) is 4.99 Å². The molecular formula is C17H18N2O3. The van der Waals surface area contributed by atoms with Crippen molar-refractivity contribution in [3.63, 3.8) is 0 Å². The highest BCUT2D eigenvalue weighted by Gasteiger charge is 2.13. The Morgan fingerprint density at radius 3 is 2.68 bits per heavy atom. The largest absolute Gasteiger partial charge is 0.507 e. The van der Waals surface area contributed by atoms with Gasteiger partial charge in [0.05, 0.1) is 6.10 Å². The maximum Gasteiger partial charge on any atom is 0.237 e. The fraction of sp³-hybridized carbons (Fsp3) is 0.294. The van der Waals surface area contributed by atoms with Gasteiger partial charge in [-0.15, -0.1) is 0 Å². The molecule has 0 aliphatic carbocycles. The summed E-state index contributed by atoms with van der Waals surface area (Å²) in [5, 5.41) is 19.1. The number of aryl methyl sites for hydroxylation is 1. The quantitative estimate of drug-likeness (QED) is 0.865. The molecule has 2 rings (SSSR count). The van der Waals surface area contributed by atoms with E-state index in [0.29, 0.717) is 22.6 Å². The normalized spacial score (nSPS) is 11.1. The molecule has 0 bridgehead atoms. The summed E-state index contributed by atoms with van der Waals surface area (Å²) in [6.07, 6.45) is 1.50. The number of phenols is 1. The van der Waals surface area contributed by atoms with Crippen LogP contribution >= 0.6 is 0 Å². The van der Waals surface area contributed by atoms with Gasteiger partial charge in [0.1, 0.15) is 28.9 Å². The standard InChI is InChI=1S/C17H18N2O3/c1-10(2)21-14-6-5-13(16(20)7-14)9-19-17-15(8-18)11(3)12(4)22-17/h5-7,9-10,20H,1-4H3. The van der Waals surface area contributed by atoms with Crippen molar-refractivity contribution in [1.29, 1.82) is 5.26 Å². The molecule has 0 atom stereocenters. The first-order valence-electron chi connectivity index (χ1n) is 6.96. The zero-order chi connectivity index (χ0) is 16.3. The van der Waals surface area contributed by atoms with Gasteiger partial charge in [0, 0.05) is 23.4 Å². The van der Waals surface area contributed by atoms with Gasteiger partial charge in [-0.1, -0.05) is 0 Å². The Balaban J connectivity index is 2.28. The van der Waals surface area contributed by atoms with Crippen LogP contribution in [0.3, 0.4) is 0 Å². The van der Waals surface area contributed by atoms with E-state index in [0.717, 1.165) is 5.56 Å². The number of hydrogen-bond acceptors (Lipinski definition) is 5. The molecule has 0 unspecified atom stereocenters. The third-order valence-electron chi connectivity index (χ3n) is 3.17. The molecule has 0 radical (unpaired) electrons. The molecule has 22 heavy (non-hydrogen) atoms. The van der Waals surface area contributed by atoms with E-state index < -0.39 is 0 Å². The first-order chi connectivity index (χ1) is 10.4. The second-order valence-electron chi connectivity index (χ2n) is 5.22. The summed E-state index contributed by atoms with van der Waals surface area (Å²) < 4.78 is 10.9. The van der Waals surface area contributed by atoms with Crippen LogP contribution in [0.4, 0.5) is 5.88 Å². The lowest BCUT2D eigenvalue weighted by Gasteiger charge is -2.10. The summed E-state index contributed by atoms with van der Waals surface area (Å²) in [6, 6.07) is 7.06. The van der Waals surface area contributed by atoms with E-state index in [4.69, 9.17) is 14.4 Å². The molecule has 0 spiro atoms. The second-order valence-corrected chi connectivity index (χ2v) is 5.22. The first-order valence-corrected chi connectivity index (χ1v) is 6.96. The number of phenolic OH excluding ortho intramolecular Hbond substituents is 1. The van der Waals surface area contributed by atoms with Crippen LogP contribution in [0.25, 0.3) is 0 Å². The highest BCUT2D eigenvalue weighted by atomic mass is 16.5. The molecule has 1 N–H and O–H groups in total. The topological polar surface area (TPSA) is 78.8 Å². The number of nitriles is 1. The zero-order valence-corrected chi connectivity index (χ0v) is 13.0. The Kier molecular flexibility index (Phi) is 4.52. The van der Waals surface area contributed by atoms with Gasteiger partial charge >= 0.3 is 0 Å². The minimum Gasteiger partial charge on any atom is -0.507 e. The van der Waals surface area contributed by atoms with Crippen molar-refractivity contribution < 1.29 is 14.3 Å². The molecule has 2 aromatic rings. The zero-order valence-electron chi connectivity index (χ0n) is 13.0. The van der Waals surface area contributed by atoms with Gasteiger partial charge in [-0.2, -0.15) is 5.26 Å². The number of benzene rings is 1. The Morgan fingerprint density at radius 1 is 1.36 bits per heavy atom. The van der Waals surface area contributed by atoms with Crippen LogP contribution in [0.5, 0.6) is 11.5 Å². The van der Waals surface area contributed by atoms with Crippen molar-refractivity contribution in [2.24, 2.45) is 4.99 Å². The predicted octanol–water partition coefficient (Wildman–Crippen LogP) is 4.01. The van der Waals surface area contributed by atoms with E-state index in [1.807, 2.05) is 20.8 Å². The second kappa shape index (κ2) is 6.35. The molecule has 5 heteroatoms. The van der Waals surface area contributed by atoms with Crippen molar-refractivity contribution in [1.82, 2.24) is 0 Å². The van der Waals surface area contributed by atoms with E-state index in [1.165, 1.54) is 12.3 Å². The van der Waals surface area contributed by atoms with Gasteiger partial charge in [-0.3, -0.25) is 0 Å². The summed E-state index contributed by atoms with van der Waals surface area (Å²) in [7, 11) is 0. The molecular weight excluding hydrogens is 280 g/mol. The van der Waals surface area contributed by atoms with E-state index in [1.54, 1.807) is 19.1 Å². The van der Waals surface area contributed by atoms with Gasteiger partial charge in [0.15, 0.2) is 0 Å². The molecule has 1 aromatic heterocycles. The number of nitrogens with zero attached hydrogens (tertiary/aromatic N) is 2. The van der Waals surface area contributed by atoms with Gasteiger partial charge in [0.2, 0.25) is 5.88 Å². The summed E-state index contributed by atoms with van der Waals surface area (Å²) in [6.45, 7) is 7.42. The van der Waals surface area contributed by atoms with Gasteiger partial charge < -0.3 is 14.3 Å². The average Bonchev–Trinajstić information content (AvgIpc) is 2.72. The van der Waals surface area contributed by atoms with Crippen LogP contribution in [-0.2, 0) is 0 Å². The van der Waals surface area contributed by atoms with Gasteiger partial charge in [-0.05, 0) is 39.8 Å². The van der Waals surface area contributed by atoms with Crippen molar-refractivity contribution in [2.45, 2.75) is 33.8 Å². The molecule has 0 saturated heterocycles. The molecule has 0 fully saturated rings. The van der Waals surface area contributed by atoms with Gasteiger partial charge in [0.25, 0.3) is 0 Å². The summed E-state index contributed by atoms with van der Waals surface area (Å²) in [5.41, 5.74) is 1.71. The number of ether oxygens (including phenoxy) is 1. The molecule has 0 amide bonds. The number of rotatable bonds is 4. The fourth-order valence-electron chi connectivity index (χ4n) is 1.94. The Hall–Kier alpha value is -2.74. The Labute approximate surface area is 129 Å². The van der Waals surface area contributed by atoms with Crippen molar-refractivity contribution in [3.8, 4) is 17.6 Å².